The van der Waals surface area contributed by atoms with E-state index in [4.69, 9.17) is 4.74 Å². The van der Waals surface area contributed by atoms with Crippen LogP contribution in [0.25, 0.3) is 0 Å². The molecule has 0 heterocycles. The van der Waals surface area contributed by atoms with Gasteiger partial charge in [-0.2, -0.15) is 6.67 Å². The zero-order chi connectivity index (χ0) is 26.3. The van der Waals surface area contributed by atoms with Gasteiger partial charge in [0, 0.05) is 11.4 Å². The van der Waals surface area contributed by atoms with E-state index in [1.54, 1.807) is 0 Å². The summed E-state index contributed by atoms with van der Waals surface area (Å²) in [6.07, 6.45) is 0.234. The molecule has 0 atom stereocenters. The number of para-hydroxylation sites is 1. The maximum absolute atomic E-state index is 5.59. The third-order valence-corrected chi connectivity index (χ3v) is 6.25. The van der Waals surface area contributed by atoms with E-state index < -0.39 is 0 Å². The number of benzene rings is 3. The molecular formula is C31H41N2ORu. The molecule has 4 heteroatoms. The van der Waals surface area contributed by atoms with Crippen LogP contribution in [0.5, 0.6) is 5.75 Å². The van der Waals surface area contributed by atoms with Gasteiger partial charge in [0.2, 0.25) is 0 Å². The molecular weight excluding hydrogens is 517 g/mol. The molecule has 0 saturated heterocycles. The van der Waals surface area contributed by atoms with Gasteiger partial charge in [0.15, 0.2) is 0 Å². The number of ether oxygens (including phenoxy) is 1. The molecule has 0 aliphatic rings. The topological polar surface area (TPSA) is 15.7 Å². The molecule has 189 valence electrons. The average molecular weight is 559 g/mol. The van der Waals surface area contributed by atoms with Crippen LogP contribution in [0.15, 0.2) is 48.5 Å². The van der Waals surface area contributed by atoms with Gasteiger partial charge >= 0.3 is 82.7 Å². The van der Waals surface area contributed by atoms with E-state index in [1.807, 2.05) is 42.7 Å². The maximum Gasteiger partial charge on any atom is 0.0143 e. The van der Waals surface area contributed by atoms with Gasteiger partial charge in [0.1, 0.15) is 0 Å². The standard InChI is InChI=1S/C21H29N2.C10H12O.Ru/c1-14-9-16(3)20(17(4)10-14)22(7)13-23(8)21-18(5)11-15(2)12-19(21)6;1-8(2)11-10-7-5-4-6-9(10)3;/h9-13H,1-8H3;3-8H,1-2H3;/q-1;;+1. The molecule has 3 aromatic rings. The van der Waals surface area contributed by atoms with Crippen LogP contribution in [0.4, 0.5) is 11.4 Å². The smallest absolute Gasteiger partial charge is 0.0143 e. The van der Waals surface area contributed by atoms with Crippen molar-refractivity contribution in [2.75, 3.05) is 23.9 Å². The Bertz CT molecular complexity index is 1040. The molecule has 0 radical (unpaired) electrons. The molecule has 0 spiro atoms. The van der Waals surface area contributed by atoms with Crippen molar-refractivity contribution in [2.45, 2.75) is 61.5 Å². The van der Waals surface area contributed by atoms with Gasteiger partial charge in [0.05, 0.1) is 0 Å². The molecule has 0 saturated carbocycles. The molecule has 3 nitrogen and oxygen atoms in total. The summed E-state index contributed by atoms with van der Waals surface area (Å²) in [5.74, 6) is 0.950. The van der Waals surface area contributed by atoms with Crippen molar-refractivity contribution in [1.29, 1.82) is 0 Å². The summed E-state index contributed by atoms with van der Waals surface area (Å²) in [6, 6.07) is 17.0. The first-order valence-corrected chi connectivity index (χ1v) is 13.1. The van der Waals surface area contributed by atoms with Crippen LogP contribution in [0.2, 0.25) is 0 Å². The summed E-state index contributed by atoms with van der Waals surface area (Å²) in [4.78, 5) is 4.45. The van der Waals surface area contributed by atoms with Crippen LogP contribution < -0.4 is 14.5 Å². The number of hydrogen-bond acceptors (Lipinski definition) is 3. The summed E-state index contributed by atoms with van der Waals surface area (Å²) in [7, 11) is 4.25. The predicted octanol–water partition coefficient (Wildman–Crippen LogP) is 7.40. The molecule has 0 aromatic heterocycles. The first-order chi connectivity index (χ1) is 16.4. The van der Waals surface area contributed by atoms with E-state index in [0.29, 0.717) is 0 Å². The van der Waals surface area contributed by atoms with Crippen LogP contribution in [0, 0.1) is 48.2 Å². The first kappa shape index (κ1) is 28.8. The fourth-order valence-electron chi connectivity index (χ4n) is 4.76. The second-order valence-corrected chi connectivity index (χ2v) is 10.1. The molecule has 0 N–H and O–H groups in total. The van der Waals surface area contributed by atoms with E-state index in [1.165, 1.54) is 44.8 Å². The Morgan fingerprint density at radius 1 is 0.743 bits per heavy atom. The van der Waals surface area contributed by atoms with Crippen LogP contribution >= 0.6 is 0 Å². The van der Waals surface area contributed by atoms with Crippen LogP contribution in [0.3, 0.4) is 0 Å². The minimum absolute atomic E-state index is 0.234. The van der Waals surface area contributed by atoms with Crippen molar-refractivity contribution in [3.05, 3.63) is 94.1 Å². The fourth-order valence-corrected chi connectivity index (χ4v) is 5.17. The Kier molecular flexibility index (Phi) is 10.7. The molecule has 0 unspecified atom stereocenters. The predicted molar refractivity (Wildman–Crippen MR) is 150 cm³/mol. The van der Waals surface area contributed by atoms with Crippen molar-refractivity contribution >= 4 is 16.0 Å². The van der Waals surface area contributed by atoms with Crippen molar-refractivity contribution in [1.82, 2.24) is 0 Å². The molecule has 0 aliphatic carbocycles. The van der Waals surface area contributed by atoms with Crippen molar-refractivity contribution in [3.63, 3.8) is 0 Å². The Morgan fingerprint density at radius 2 is 1.14 bits per heavy atom. The van der Waals surface area contributed by atoms with E-state index in [9.17, 15) is 0 Å². The third-order valence-electron chi connectivity index (χ3n) is 5.71. The van der Waals surface area contributed by atoms with Gasteiger partial charge in [-0.1, -0.05) is 35.4 Å². The minimum atomic E-state index is 0.234. The Labute approximate surface area is 223 Å². The SMILES string of the molecule is CC(C)Oc1ccccc1[CH]=[Ru+].Cc1cc(C)c(N(C)[CH-]N(C)c2c(C)cc(C)cc2C)c(C)c1. The second kappa shape index (κ2) is 13.0. The summed E-state index contributed by atoms with van der Waals surface area (Å²) in [5.41, 5.74) is 11.6. The van der Waals surface area contributed by atoms with Gasteiger partial charge in [-0.05, 0) is 77.9 Å². The monoisotopic (exact) mass is 559 g/mol. The van der Waals surface area contributed by atoms with E-state index >= 15 is 0 Å². The molecule has 0 amide bonds. The van der Waals surface area contributed by atoms with Gasteiger partial charge < -0.3 is 9.80 Å². The van der Waals surface area contributed by atoms with Crippen LogP contribution in [0.1, 0.15) is 52.8 Å². The van der Waals surface area contributed by atoms with Gasteiger partial charge in [-0.3, -0.25) is 0 Å². The van der Waals surface area contributed by atoms with Crippen LogP contribution in [-0.4, -0.2) is 24.8 Å². The molecule has 0 fully saturated rings. The molecule has 0 bridgehead atoms. The second-order valence-electron chi connectivity index (χ2n) is 9.64. The molecule has 35 heavy (non-hydrogen) atoms. The first-order valence-electron chi connectivity index (χ1n) is 12.1. The molecule has 0 aliphatic heterocycles. The summed E-state index contributed by atoms with van der Waals surface area (Å²) in [6.45, 7) is 19.3. The fraction of sp³-hybridized carbons (Fsp3) is 0.355. The van der Waals surface area contributed by atoms with Gasteiger partial charge in [-0.25, -0.2) is 0 Å². The largest absolute Gasteiger partial charge is 0.505 e. The average Bonchev–Trinajstić information content (AvgIpc) is 2.72. The van der Waals surface area contributed by atoms with Crippen LogP contribution in [-0.2, 0) is 17.9 Å². The maximum atomic E-state index is 5.59. The van der Waals surface area contributed by atoms with E-state index in [0.717, 1.165) is 11.3 Å². The summed E-state index contributed by atoms with van der Waals surface area (Å²) >= 11 is 2.49. The van der Waals surface area contributed by atoms with E-state index in [-0.39, 0.29) is 6.10 Å². The van der Waals surface area contributed by atoms with Crippen molar-refractivity contribution in [3.8, 4) is 5.75 Å². The van der Waals surface area contributed by atoms with Crippen molar-refractivity contribution < 1.29 is 22.6 Å². The molecule has 3 aromatic carbocycles. The number of anilines is 2. The minimum Gasteiger partial charge on any atom is -0.505 e. The number of aryl methyl sites for hydroxylation is 6. The molecule has 3 rings (SSSR count). The van der Waals surface area contributed by atoms with Gasteiger partial charge in [0.25, 0.3) is 0 Å². The Hall–Kier alpha value is -2.45. The summed E-state index contributed by atoms with van der Waals surface area (Å²) < 4.78 is 7.58. The third kappa shape index (κ3) is 8.04. The van der Waals surface area contributed by atoms with Crippen molar-refractivity contribution in [2.24, 2.45) is 0 Å². The number of nitrogens with zero attached hydrogens (tertiary/aromatic N) is 2. The number of rotatable bonds is 7. The zero-order valence-electron chi connectivity index (χ0n) is 23.0. The number of hydrogen-bond donors (Lipinski definition) is 0. The quantitative estimate of drug-likeness (QED) is 0.222. The Balaban J connectivity index is 0.000000303. The Morgan fingerprint density at radius 3 is 1.51 bits per heavy atom. The summed E-state index contributed by atoms with van der Waals surface area (Å²) in [5, 5.41) is 0. The normalized spacial score (nSPS) is 10.5. The zero-order valence-corrected chi connectivity index (χ0v) is 24.7. The van der Waals surface area contributed by atoms with E-state index in [2.05, 4.69) is 114 Å². The van der Waals surface area contributed by atoms with Gasteiger partial charge in [-0.15, -0.1) is 0 Å².